The summed E-state index contributed by atoms with van der Waals surface area (Å²) < 4.78 is 0. The summed E-state index contributed by atoms with van der Waals surface area (Å²) in [6, 6.07) is 8.82. The lowest BCUT2D eigenvalue weighted by molar-refractivity contribution is 0.0867. The van der Waals surface area contributed by atoms with E-state index in [1.807, 2.05) is 6.07 Å². The maximum Gasteiger partial charge on any atom is 0.251 e. The van der Waals surface area contributed by atoms with Gasteiger partial charge in [-0.2, -0.15) is 5.26 Å². The SMILES string of the molecule is N#Cc1cccc(C(=O)NC2CCC(O)CC2)c1. The van der Waals surface area contributed by atoms with Crippen molar-refractivity contribution in [3.8, 4) is 6.07 Å². The van der Waals surface area contributed by atoms with Crippen LogP contribution in [0.2, 0.25) is 0 Å². The van der Waals surface area contributed by atoms with Crippen LogP contribution in [0.4, 0.5) is 0 Å². The summed E-state index contributed by atoms with van der Waals surface area (Å²) in [7, 11) is 0. The third-order valence-corrected chi connectivity index (χ3v) is 3.29. The van der Waals surface area contributed by atoms with E-state index in [1.54, 1.807) is 24.3 Å². The van der Waals surface area contributed by atoms with E-state index in [0.29, 0.717) is 11.1 Å². The highest BCUT2D eigenvalue weighted by Gasteiger charge is 2.21. The predicted octanol–water partition coefficient (Wildman–Crippen LogP) is 1.59. The molecule has 1 aromatic rings. The Morgan fingerprint density at radius 3 is 2.72 bits per heavy atom. The van der Waals surface area contributed by atoms with Crippen molar-refractivity contribution in [1.29, 1.82) is 5.26 Å². The van der Waals surface area contributed by atoms with E-state index in [9.17, 15) is 9.90 Å². The number of nitrogens with one attached hydrogen (secondary N) is 1. The molecule has 0 spiro atoms. The average molecular weight is 244 g/mol. The van der Waals surface area contributed by atoms with Crippen LogP contribution in [-0.2, 0) is 0 Å². The van der Waals surface area contributed by atoms with Gasteiger partial charge in [-0.1, -0.05) is 6.07 Å². The van der Waals surface area contributed by atoms with Gasteiger partial charge in [-0.15, -0.1) is 0 Å². The Labute approximate surface area is 106 Å². The lowest BCUT2D eigenvalue weighted by Crippen LogP contribution is -2.38. The number of aliphatic hydroxyl groups is 1. The molecule has 1 amide bonds. The first kappa shape index (κ1) is 12.6. The quantitative estimate of drug-likeness (QED) is 0.829. The Bertz CT molecular complexity index is 471. The second-order valence-corrected chi connectivity index (χ2v) is 4.67. The second kappa shape index (κ2) is 5.65. The largest absolute Gasteiger partial charge is 0.393 e. The van der Waals surface area contributed by atoms with Crippen LogP contribution in [0.15, 0.2) is 24.3 Å². The van der Waals surface area contributed by atoms with E-state index >= 15 is 0 Å². The van der Waals surface area contributed by atoms with E-state index in [4.69, 9.17) is 5.26 Å². The number of aliphatic hydroxyl groups excluding tert-OH is 1. The van der Waals surface area contributed by atoms with Gasteiger partial charge in [0.15, 0.2) is 0 Å². The zero-order valence-electron chi connectivity index (χ0n) is 10.1. The fourth-order valence-corrected chi connectivity index (χ4v) is 2.22. The van der Waals surface area contributed by atoms with Gasteiger partial charge in [0.05, 0.1) is 17.7 Å². The van der Waals surface area contributed by atoms with Gasteiger partial charge in [-0.05, 0) is 43.9 Å². The summed E-state index contributed by atoms with van der Waals surface area (Å²) >= 11 is 0. The van der Waals surface area contributed by atoms with Crippen LogP contribution >= 0.6 is 0 Å². The highest BCUT2D eigenvalue weighted by molar-refractivity contribution is 5.94. The maximum atomic E-state index is 12.0. The van der Waals surface area contributed by atoms with Crippen LogP contribution in [0.25, 0.3) is 0 Å². The van der Waals surface area contributed by atoms with Crippen LogP contribution < -0.4 is 5.32 Å². The summed E-state index contributed by atoms with van der Waals surface area (Å²) in [5.74, 6) is -0.145. The molecule has 0 saturated heterocycles. The average Bonchev–Trinajstić information content (AvgIpc) is 2.41. The molecule has 94 valence electrons. The van der Waals surface area contributed by atoms with Gasteiger partial charge in [0.25, 0.3) is 5.91 Å². The number of benzene rings is 1. The van der Waals surface area contributed by atoms with Gasteiger partial charge in [0.1, 0.15) is 0 Å². The summed E-state index contributed by atoms with van der Waals surface area (Å²) in [4.78, 5) is 12.0. The van der Waals surface area contributed by atoms with Gasteiger partial charge in [0.2, 0.25) is 0 Å². The van der Waals surface area contributed by atoms with Crippen molar-refractivity contribution in [3.05, 3.63) is 35.4 Å². The Kier molecular flexibility index (Phi) is 3.96. The summed E-state index contributed by atoms with van der Waals surface area (Å²) in [6.45, 7) is 0. The molecule has 18 heavy (non-hydrogen) atoms. The highest BCUT2D eigenvalue weighted by Crippen LogP contribution is 2.18. The summed E-state index contributed by atoms with van der Waals surface area (Å²) in [5, 5.41) is 21.1. The number of hydrogen-bond acceptors (Lipinski definition) is 3. The van der Waals surface area contributed by atoms with Crippen LogP contribution in [-0.4, -0.2) is 23.2 Å². The van der Waals surface area contributed by atoms with Crippen molar-refractivity contribution in [2.45, 2.75) is 37.8 Å². The molecular formula is C14H16N2O2. The van der Waals surface area contributed by atoms with E-state index < -0.39 is 0 Å². The molecular weight excluding hydrogens is 228 g/mol. The molecule has 1 aromatic carbocycles. The molecule has 0 aliphatic heterocycles. The van der Waals surface area contributed by atoms with Crippen molar-refractivity contribution < 1.29 is 9.90 Å². The third-order valence-electron chi connectivity index (χ3n) is 3.29. The normalized spacial score (nSPS) is 23.1. The van der Waals surface area contributed by atoms with Crippen molar-refractivity contribution in [2.24, 2.45) is 0 Å². The summed E-state index contributed by atoms with van der Waals surface area (Å²) in [5.41, 5.74) is 1.00. The van der Waals surface area contributed by atoms with Gasteiger partial charge >= 0.3 is 0 Å². The molecule has 1 saturated carbocycles. The topological polar surface area (TPSA) is 73.1 Å². The minimum atomic E-state index is -0.222. The second-order valence-electron chi connectivity index (χ2n) is 4.67. The number of nitriles is 1. The molecule has 1 fully saturated rings. The van der Waals surface area contributed by atoms with Crippen molar-refractivity contribution in [3.63, 3.8) is 0 Å². The number of carbonyl (C=O) groups is 1. The molecule has 0 aromatic heterocycles. The fourth-order valence-electron chi connectivity index (χ4n) is 2.22. The molecule has 2 rings (SSSR count). The summed E-state index contributed by atoms with van der Waals surface area (Å²) in [6.07, 6.45) is 2.88. The maximum absolute atomic E-state index is 12.0. The molecule has 0 bridgehead atoms. The lowest BCUT2D eigenvalue weighted by atomic mass is 9.93. The van der Waals surface area contributed by atoms with Crippen LogP contribution in [0.1, 0.15) is 41.6 Å². The first-order valence-corrected chi connectivity index (χ1v) is 6.18. The standard InChI is InChI=1S/C14H16N2O2/c15-9-10-2-1-3-11(8-10)14(18)16-12-4-6-13(17)7-5-12/h1-3,8,12-13,17H,4-7H2,(H,16,18). The van der Waals surface area contributed by atoms with E-state index in [-0.39, 0.29) is 18.1 Å². The third kappa shape index (κ3) is 3.08. The van der Waals surface area contributed by atoms with Gasteiger partial charge in [0, 0.05) is 11.6 Å². The fraction of sp³-hybridized carbons (Fsp3) is 0.429. The lowest BCUT2D eigenvalue weighted by Gasteiger charge is -2.26. The number of amides is 1. The first-order valence-electron chi connectivity index (χ1n) is 6.18. The zero-order chi connectivity index (χ0) is 13.0. The molecule has 4 heteroatoms. The zero-order valence-corrected chi connectivity index (χ0v) is 10.1. The molecule has 4 nitrogen and oxygen atoms in total. The molecule has 0 unspecified atom stereocenters. The van der Waals surface area contributed by atoms with Crippen molar-refractivity contribution in [1.82, 2.24) is 5.32 Å². The molecule has 0 radical (unpaired) electrons. The Hall–Kier alpha value is -1.86. The minimum Gasteiger partial charge on any atom is -0.393 e. The van der Waals surface area contributed by atoms with Crippen molar-refractivity contribution in [2.75, 3.05) is 0 Å². The Balaban J connectivity index is 1.97. The number of hydrogen-bond donors (Lipinski definition) is 2. The first-order chi connectivity index (χ1) is 8.69. The molecule has 1 aliphatic rings. The molecule has 0 heterocycles. The number of nitrogens with zero attached hydrogens (tertiary/aromatic N) is 1. The number of rotatable bonds is 2. The van der Waals surface area contributed by atoms with Gasteiger partial charge in [-0.25, -0.2) is 0 Å². The van der Waals surface area contributed by atoms with Gasteiger partial charge < -0.3 is 10.4 Å². The highest BCUT2D eigenvalue weighted by atomic mass is 16.3. The number of carbonyl (C=O) groups excluding carboxylic acids is 1. The Morgan fingerprint density at radius 1 is 1.33 bits per heavy atom. The van der Waals surface area contributed by atoms with Crippen LogP contribution in [0.3, 0.4) is 0 Å². The Morgan fingerprint density at radius 2 is 2.06 bits per heavy atom. The smallest absolute Gasteiger partial charge is 0.251 e. The minimum absolute atomic E-state index is 0.131. The molecule has 1 aliphatic carbocycles. The molecule has 0 atom stereocenters. The van der Waals surface area contributed by atoms with Crippen molar-refractivity contribution >= 4 is 5.91 Å². The van der Waals surface area contributed by atoms with E-state index in [0.717, 1.165) is 25.7 Å². The predicted molar refractivity (Wildman–Crippen MR) is 66.9 cm³/mol. The van der Waals surface area contributed by atoms with Crippen LogP contribution in [0.5, 0.6) is 0 Å². The molecule has 2 N–H and O–H groups in total. The van der Waals surface area contributed by atoms with Crippen LogP contribution in [0, 0.1) is 11.3 Å². The van der Waals surface area contributed by atoms with E-state index in [2.05, 4.69) is 5.32 Å². The van der Waals surface area contributed by atoms with Gasteiger partial charge in [-0.3, -0.25) is 4.79 Å². The monoisotopic (exact) mass is 244 g/mol. The van der Waals surface area contributed by atoms with E-state index in [1.165, 1.54) is 0 Å².